The summed E-state index contributed by atoms with van der Waals surface area (Å²) in [7, 11) is 3.09. The molecule has 0 bridgehead atoms. The molecule has 0 heterocycles. The molecule has 0 aliphatic carbocycles. The van der Waals surface area contributed by atoms with Crippen molar-refractivity contribution >= 4 is 0 Å². The number of terminal acetylenes is 1. The lowest BCUT2D eigenvalue weighted by atomic mass is 10.1. The Morgan fingerprint density at radius 1 is 1.05 bits per heavy atom. The zero-order chi connectivity index (χ0) is 15.0. The van der Waals surface area contributed by atoms with Gasteiger partial charge in [-0.25, -0.2) is 0 Å². The van der Waals surface area contributed by atoms with E-state index in [4.69, 9.17) is 30.1 Å². The van der Waals surface area contributed by atoms with Crippen LogP contribution in [-0.2, 0) is 9.47 Å². The zero-order valence-electron chi connectivity index (χ0n) is 12.3. The smallest absolute Gasteiger partial charge is 0.188 e. The average Bonchev–Trinajstić information content (AvgIpc) is 2.44. The molecule has 110 valence electrons. The molecule has 0 radical (unpaired) electrons. The number of methoxy groups -OCH3 is 2. The van der Waals surface area contributed by atoms with E-state index < -0.39 is 5.60 Å². The van der Waals surface area contributed by atoms with E-state index in [9.17, 15) is 0 Å². The van der Waals surface area contributed by atoms with Crippen LogP contribution in [-0.4, -0.2) is 33.4 Å². The highest BCUT2D eigenvalue weighted by molar-refractivity contribution is 5.46. The summed E-state index contributed by atoms with van der Waals surface area (Å²) < 4.78 is 26.3. The van der Waals surface area contributed by atoms with Crippen LogP contribution in [0.3, 0.4) is 0 Å². The molecule has 0 amide bonds. The summed E-state index contributed by atoms with van der Waals surface area (Å²) in [6.45, 7) is 3.84. The molecule has 1 aromatic carbocycles. The van der Waals surface area contributed by atoms with Crippen LogP contribution in [0.5, 0.6) is 17.2 Å². The second-order valence-corrected chi connectivity index (χ2v) is 4.47. The van der Waals surface area contributed by atoms with Gasteiger partial charge in [0, 0.05) is 20.3 Å². The molecule has 0 saturated carbocycles. The Bertz CT molecular complexity index is 462. The lowest BCUT2D eigenvalue weighted by Gasteiger charge is -2.22. The molecule has 20 heavy (non-hydrogen) atoms. The highest BCUT2D eigenvalue weighted by Crippen LogP contribution is 2.34. The lowest BCUT2D eigenvalue weighted by molar-refractivity contribution is 0.0423. The molecule has 0 spiro atoms. The van der Waals surface area contributed by atoms with Crippen molar-refractivity contribution in [1.82, 2.24) is 0 Å². The first-order valence-electron chi connectivity index (χ1n) is 6.06. The first kappa shape index (κ1) is 16.2. The zero-order valence-corrected chi connectivity index (χ0v) is 12.3. The molecule has 0 aromatic heterocycles. The van der Waals surface area contributed by atoms with E-state index in [0.717, 1.165) is 0 Å². The first-order valence-corrected chi connectivity index (χ1v) is 6.06. The van der Waals surface area contributed by atoms with Crippen LogP contribution in [0.2, 0.25) is 0 Å². The van der Waals surface area contributed by atoms with Crippen molar-refractivity contribution in [2.75, 3.05) is 27.8 Å². The fourth-order valence-electron chi connectivity index (χ4n) is 1.33. The lowest BCUT2D eigenvalue weighted by Crippen LogP contribution is -2.25. The minimum absolute atomic E-state index is 0.0978. The van der Waals surface area contributed by atoms with Crippen LogP contribution in [0.1, 0.15) is 13.8 Å². The fourth-order valence-corrected chi connectivity index (χ4v) is 1.33. The third kappa shape index (κ3) is 5.00. The van der Waals surface area contributed by atoms with Crippen LogP contribution < -0.4 is 14.2 Å². The van der Waals surface area contributed by atoms with Crippen molar-refractivity contribution in [2.45, 2.75) is 19.4 Å². The molecule has 0 aliphatic rings. The van der Waals surface area contributed by atoms with Gasteiger partial charge in [-0.2, -0.15) is 0 Å². The Morgan fingerprint density at radius 3 is 2.30 bits per heavy atom. The summed E-state index contributed by atoms with van der Waals surface area (Å²) in [5.41, 5.74) is -0.736. The Hall–Kier alpha value is -1.90. The van der Waals surface area contributed by atoms with E-state index in [2.05, 4.69) is 5.92 Å². The van der Waals surface area contributed by atoms with E-state index in [1.807, 2.05) is 0 Å². The second kappa shape index (κ2) is 7.63. The predicted molar refractivity (Wildman–Crippen MR) is 75.0 cm³/mol. The van der Waals surface area contributed by atoms with Gasteiger partial charge in [0.1, 0.15) is 5.75 Å². The third-order valence-electron chi connectivity index (χ3n) is 2.30. The SMILES string of the molecule is C#CC(C)(C)Oc1ccc(OCOC)cc1OCOC. The van der Waals surface area contributed by atoms with Crippen LogP contribution in [0, 0.1) is 12.3 Å². The quantitative estimate of drug-likeness (QED) is 0.540. The van der Waals surface area contributed by atoms with Gasteiger partial charge >= 0.3 is 0 Å². The van der Waals surface area contributed by atoms with Gasteiger partial charge in [0.2, 0.25) is 0 Å². The van der Waals surface area contributed by atoms with Gasteiger partial charge in [-0.3, -0.25) is 0 Å². The van der Waals surface area contributed by atoms with Gasteiger partial charge in [0.25, 0.3) is 0 Å². The van der Waals surface area contributed by atoms with Gasteiger partial charge in [-0.1, -0.05) is 5.92 Å². The predicted octanol–water partition coefficient (Wildman–Crippen LogP) is 2.44. The van der Waals surface area contributed by atoms with Crippen molar-refractivity contribution < 1.29 is 23.7 Å². The van der Waals surface area contributed by atoms with Crippen LogP contribution in [0.25, 0.3) is 0 Å². The van der Waals surface area contributed by atoms with Gasteiger partial charge < -0.3 is 23.7 Å². The Kier molecular flexibility index (Phi) is 6.16. The van der Waals surface area contributed by atoms with Crippen molar-refractivity contribution in [1.29, 1.82) is 0 Å². The summed E-state index contributed by atoms with van der Waals surface area (Å²) in [6, 6.07) is 5.18. The molecule has 0 atom stereocenters. The molecular formula is C15H20O5. The Morgan fingerprint density at radius 2 is 1.70 bits per heavy atom. The van der Waals surface area contributed by atoms with Gasteiger partial charge in [-0.15, -0.1) is 6.42 Å². The number of ether oxygens (including phenoxy) is 5. The van der Waals surface area contributed by atoms with Crippen LogP contribution in [0.15, 0.2) is 18.2 Å². The standard InChI is InChI=1S/C15H20O5/c1-6-15(2,3)20-13-8-7-12(18-10-16-4)9-14(13)19-11-17-5/h1,7-9H,10-11H2,2-5H3. The molecule has 1 aromatic rings. The Balaban J connectivity index is 2.94. The molecule has 0 N–H and O–H groups in total. The topological polar surface area (TPSA) is 46.2 Å². The second-order valence-electron chi connectivity index (χ2n) is 4.47. The molecule has 5 heteroatoms. The molecule has 0 saturated heterocycles. The van der Waals surface area contributed by atoms with Gasteiger partial charge in [0.15, 0.2) is 30.7 Å². The number of rotatable bonds is 8. The number of benzene rings is 1. The summed E-state index contributed by atoms with van der Waals surface area (Å²) >= 11 is 0. The maximum Gasteiger partial charge on any atom is 0.188 e. The highest BCUT2D eigenvalue weighted by Gasteiger charge is 2.19. The number of hydrogen-bond donors (Lipinski definition) is 0. The molecule has 1 rings (SSSR count). The van der Waals surface area contributed by atoms with Crippen LogP contribution in [0.4, 0.5) is 0 Å². The number of hydrogen-bond acceptors (Lipinski definition) is 5. The van der Waals surface area contributed by atoms with E-state index in [1.165, 1.54) is 7.11 Å². The van der Waals surface area contributed by atoms with Crippen molar-refractivity contribution in [3.63, 3.8) is 0 Å². The molecular weight excluding hydrogens is 260 g/mol. The normalized spacial score (nSPS) is 10.8. The first-order chi connectivity index (χ1) is 9.52. The minimum Gasteiger partial charge on any atom is -0.471 e. The largest absolute Gasteiger partial charge is 0.471 e. The van der Waals surface area contributed by atoms with Gasteiger partial charge in [0.05, 0.1) is 0 Å². The molecule has 5 nitrogen and oxygen atoms in total. The molecule has 0 aliphatic heterocycles. The van der Waals surface area contributed by atoms with Crippen molar-refractivity contribution in [3.8, 4) is 29.6 Å². The fraction of sp³-hybridized carbons (Fsp3) is 0.467. The maximum absolute atomic E-state index is 5.74. The van der Waals surface area contributed by atoms with E-state index >= 15 is 0 Å². The minimum atomic E-state index is -0.736. The van der Waals surface area contributed by atoms with E-state index in [1.54, 1.807) is 39.2 Å². The third-order valence-corrected chi connectivity index (χ3v) is 2.30. The van der Waals surface area contributed by atoms with E-state index in [-0.39, 0.29) is 13.6 Å². The summed E-state index contributed by atoms with van der Waals surface area (Å²) in [5, 5.41) is 0. The monoisotopic (exact) mass is 280 g/mol. The maximum atomic E-state index is 5.74. The molecule has 0 fully saturated rings. The van der Waals surface area contributed by atoms with Crippen LogP contribution >= 0.6 is 0 Å². The Labute approximate surface area is 119 Å². The van der Waals surface area contributed by atoms with Gasteiger partial charge in [-0.05, 0) is 26.0 Å². The summed E-state index contributed by atoms with van der Waals surface area (Å²) in [4.78, 5) is 0. The summed E-state index contributed by atoms with van der Waals surface area (Å²) in [5.74, 6) is 4.18. The summed E-state index contributed by atoms with van der Waals surface area (Å²) in [6.07, 6.45) is 5.42. The average molecular weight is 280 g/mol. The molecule has 0 unspecified atom stereocenters. The van der Waals surface area contributed by atoms with Crippen molar-refractivity contribution in [2.24, 2.45) is 0 Å². The highest BCUT2D eigenvalue weighted by atomic mass is 16.7. The van der Waals surface area contributed by atoms with E-state index in [0.29, 0.717) is 17.2 Å². The van der Waals surface area contributed by atoms with Crippen molar-refractivity contribution in [3.05, 3.63) is 18.2 Å².